The molecule has 0 spiro atoms. The largest absolute Gasteiger partial charge is 0.543 e. The van der Waals surface area contributed by atoms with Gasteiger partial charge < -0.3 is 15.2 Å². The molecule has 1 aromatic heterocycles. The third kappa shape index (κ3) is 3.47. The Hall–Kier alpha value is -2.70. The standard InChI is InChI=1S/C19H23N3O4/c1-11-6-5-9-15(12(11)2)20-16(23)10-22-18(24)14-8-4-3-7-13(14)17(21-22)19(25)26/h3-4,7-8,11-12,15H,5-6,9-10H2,1-2H3,(H,20,23)(H,25,26)/p-1/t11-,12+,15+/m0/s1. The lowest BCUT2D eigenvalue weighted by Gasteiger charge is -2.34. The zero-order chi connectivity index (χ0) is 18.8. The first-order chi connectivity index (χ1) is 12.4. The summed E-state index contributed by atoms with van der Waals surface area (Å²) in [6.07, 6.45) is 3.11. The first-order valence-electron chi connectivity index (χ1n) is 8.89. The fourth-order valence-corrected chi connectivity index (χ4v) is 3.67. The zero-order valence-corrected chi connectivity index (χ0v) is 14.9. The van der Waals surface area contributed by atoms with E-state index in [0.717, 1.165) is 23.9 Å². The van der Waals surface area contributed by atoms with Crippen molar-refractivity contribution in [3.05, 3.63) is 40.3 Å². The maximum Gasteiger partial charge on any atom is 0.275 e. The molecule has 0 aliphatic heterocycles. The summed E-state index contributed by atoms with van der Waals surface area (Å²) in [4.78, 5) is 36.4. The highest BCUT2D eigenvalue weighted by Gasteiger charge is 2.28. The number of carboxylic acid groups (broad SMARTS) is 1. The number of amides is 1. The Kier molecular flexibility index (Phi) is 5.06. The van der Waals surface area contributed by atoms with Crippen molar-refractivity contribution >= 4 is 22.6 Å². The highest BCUT2D eigenvalue weighted by molar-refractivity contribution is 6.00. The fourth-order valence-electron chi connectivity index (χ4n) is 3.67. The first-order valence-corrected chi connectivity index (χ1v) is 8.89. The van der Waals surface area contributed by atoms with Crippen molar-refractivity contribution in [3.8, 4) is 0 Å². The Morgan fingerprint density at radius 3 is 2.62 bits per heavy atom. The number of aromatic carboxylic acids is 1. The summed E-state index contributed by atoms with van der Waals surface area (Å²) in [5.41, 5.74) is -0.835. The number of hydrogen-bond acceptors (Lipinski definition) is 5. The van der Waals surface area contributed by atoms with Gasteiger partial charge in [0.2, 0.25) is 5.91 Å². The van der Waals surface area contributed by atoms with Crippen LogP contribution in [0.3, 0.4) is 0 Å². The molecule has 1 saturated carbocycles. The minimum absolute atomic E-state index is 0.0584. The fraction of sp³-hybridized carbons (Fsp3) is 0.474. The van der Waals surface area contributed by atoms with E-state index in [1.165, 1.54) is 12.1 Å². The predicted octanol–water partition coefficient (Wildman–Crippen LogP) is 0.701. The van der Waals surface area contributed by atoms with E-state index in [9.17, 15) is 19.5 Å². The van der Waals surface area contributed by atoms with E-state index in [-0.39, 0.29) is 35.0 Å². The summed E-state index contributed by atoms with van der Waals surface area (Å²) in [7, 11) is 0. The van der Waals surface area contributed by atoms with E-state index in [1.54, 1.807) is 12.1 Å². The molecule has 1 fully saturated rings. The summed E-state index contributed by atoms with van der Waals surface area (Å²) in [6.45, 7) is 3.97. The number of nitrogens with zero attached hydrogens (tertiary/aromatic N) is 2. The van der Waals surface area contributed by atoms with Crippen LogP contribution >= 0.6 is 0 Å². The number of nitrogens with one attached hydrogen (secondary N) is 1. The average molecular weight is 356 g/mol. The molecule has 2 aromatic rings. The topological polar surface area (TPSA) is 104 Å². The van der Waals surface area contributed by atoms with Crippen molar-refractivity contribution in [2.45, 2.75) is 45.7 Å². The maximum absolute atomic E-state index is 12.6. The Morgan fingerprint density at radius 1 is 1.23 bits per heavy atom. The Bertz CT molecular complexity index is 905. The van der Waals surface area contributed by atoms with Gasteiger partial charge >= 0.3 is 0 Å². The SMILES string of the molecule is C[C@@H]1[C@@H](C)CCC[C@H]1NC(=O)Cn1nc(C(=O)[O-])c2ccccc2c1=O. The van der Waals surface area contributed by atoms with Gasteiger partial charge in [-0.3, -0.25) is 9.59 Å². The van der Waals surface area contributed by atoms with Crippen molar-refractivity contribution in [1.82, 2.24) is 15.1 Å². The average Bonchev–Trinajstić information content (AvgIpc) is 2.61. The lowest BCUT2D eigenvalue weighted by Crippen LogP contribution is -2.46. The van der Waals surface area contributed by atoms with Gasteiger partial charge in [-0.2, -0.15) is 5.10 Å². The molecule has 1 aromatic carbocycles. The Labute approximate surface area is 151 Å². The van der Waals surface area contributed by atoms with Crippen LogP contribution in [-0.2, 0) is 11.3 Å². The quantitative estimate of drug-likeness (QED) is 0.868. The molecular formula is C19H22N3O4-. The van der Waals surface area contributed by atoms with Crippen LogP contribution in [0.15, 0.2) is 29.1 Å². The van der Waals surface area contributed by atoms with Gasteiger partial charge in [0, 0.05) is 11.4 Å². The van der Waals surface area contributed by atoms with Crippen LogP contribution in [0.4, 0.5) is 0 Å². The number of carboxylic acids is 1. The van der Waals surface area contributed by atoms with E-state index in [1.807, 2.05) is 0 Å². The van der Waals surface area contributed by atoms with Crippen LogP contribution < -0.4 is 16.0 Å². The van der Waals surface area contributed by atoms with E-state index in [0.29, 0.717) is 11.8 Å². The van der Waals surface area contributed by atoms with Gasteiger partial charge in [0.25, 0.3) is 5.56 Å². The van der Waals surface area contributed by atoms with E-state index in [2.05, 4.69) is 24.3 Å². The molecule has 0 bridgehead atoms. The van der Waals surface area contributed by atoms with Gasteiger partial charge in [-0.1, -0.05) is 44.9 Å². The highest BCUT2D eigenvalue weighted by atomic mass is 16.4. The van der Waals surface area contributed by atoms with Gasteiger partial charge in [-0.05, 0) is 24.3 Å². The molecule has 26 heavy (non-hydrogen) atoms. The van der Waals surface area contributed by atoms with Gasteiger partial charge in [0.05, 0.1) is 11.4 Å². The third-order valence-electron chi connectivity index (χ3n) is 5.41. The molecule has 1 heterocycles. The number of benzene rings is 1. The van der Waals surface area contributed by atoms with Crippen LogP contribution in [0.1, 0.15) is 43.6 Å². The summed E-state index contributed by atoms with van der Waals surface area (Å²) in [6, 6.07) is 6.34. The van der Waals surface area contributed by atoms with Gasteiger partial charge in [0.1, 0.15) is 12.2 Å². The molecule has 0 saturated heterocycles. The van der Waals surface area contributed by atoms with Crippen molar-refractivity contribution in [3.63, 3.8) is 0 Å². The molecule has 1 aliphatic carbocycles. The second-order valence-corrected chi connectivity index (χ2v) is 7.09. The number of fused-ring (bicyclic) bond motifs is 1. The molecule has 0 unspecified atom stereocenters. The van der Waals surface area contributed by atoms with E-state index >= 15 is 0 Å². The number of carbonyl (C=O) groups excluding carboxylic acids is 2. The summed E-state index contributed by atoms with van der Waals surface area (Å²) >= 11 is 0. The summed E-state index contributed by atoms with van der Waals surface area (Å²) < 4.78 is 0.903. The molecule has 3 atom stereocenters. The third-order valence-corrected chi connectivity index (χ3v) is 5.41. The molecule has 1 amide bonds. The molecule has 1 aliphatic rings. The Balaban J connectivity index is 1.86. The molecule has 1 N–H and O–H groups in total. The number of rotatable bonds is 4. The second-order valence-electron chi connectivity index (χ2n) is 7.09. The molecule has 3 rings (SSSR count). The van der Waals surface area contributed by atoms with Crippen molar-refractivity contribution in [2.24, 2.45) is 11.8 Å². The van der Waals surface area contributed by atoms with Crippen molar-refractivity contribution in [1.29, 1.82) is 0 Å². The van der Waals surface area contributed by atoms with E-state index < -0.39 is 11.5 Å². The predicted molar refractivity (Wildman–Crippen MR) is 94.4 cm³/mol. The molecule has 0 radical (unpaired) electrons. The van der Waals surface area contributed by atoms with Gasteiger partial charge in [-0.25, -0.2) is 4.68 Å². The van der Waals surface area contributed by atoms with Crippen LogP contribution in [0, 0.1) is 11.8 Å². The lowest BCUT2D eigenvalue weighted by atomic mass is 9.78. The van der Waals surface area contributed by atoms with Crippen molar-refractivity contribution < 1.29 is 14.7 Å². The second kappa shape index (κ2) is 7.27. The lowest BCUT2D eigenvalue weighted by molar-refractivity contribution is -0.255. The molecule has 7 heteroatoms. The Morgan fingerprint density at radius 2 is 1.92 bits per heavy atom. The monoisotopic (exact) mass is 356 g/mol. The van der Waals surface area contributed by atoms with Crippen LogP contribution in [0.5, 0.6) is 0 Å². The van der Waals surface area contributed by atoms with Crippen LogP contribution in [-0.4, -0.2) is 27.7 Å². The summed E-state index contributed by atoms with van der Waals surface area (Å²) in [5, 5.41) is 18.6. The van der Waals surface area contributed by atoms with Crippen molar-refractivity contribution in [2.75, 3.05) is 0 Å². The first kappa shape index (κ1) is 18.1. The smallest absolute Gasteiger partial charge is 0.275 e. The molecule has 138 valence electrons. The highest BCUT2D eigenvalue weighted by Crippen LogP contribution is 2.29. The number of carbonyl (C=O) groups is 2. The van der Waals surface area contributed by atoms with Gasteiger partial charge in [0.15, 0.2) is 0 Å². The molecule has 7 nitrogen and oxygen atoms in total. The molecular weight excluding hydrogens is 334 g/mol. The van der Waals surface area contributed by atoms with Crippen LogP contribution in [0.25, 0.3) is 10.8 Å². The minimum atomic E-state index is -1.48. The van der Waals surface area contributed by atoms with Crippen LogP contribution in [0.2, 0.25) is 0 Å². The van der Waals surface area contributed by atoms with E-state index in [4.69, 9.17) is 0 Å². The minimum Gasteiger partial charge on any atom is -0.543 e. The summed E-state index contributed by atoms with van der Waals surface area (Å²) in [5.74, 6) is -0.941. The van der Waals surface area contributed by atoms with Gasteiger partial charge in [-0.15, -0.1) is 0 Å². The maximum atomic E-state index is 12.6. The normalized spacial score (nSPS) is 22.9. The number of aromatic nitrogens is 2. The zero-order valence-electron chi connectivity index (χ0n) is 14.9. The number of hydrogen-bond donors (Lipinski definition) is 1.